The first-order valence-electron chi connectivity index (χ1n) is 8.87. The predicted molar refractivity (Wildman–Crippen MR) is 99.7 cm³/mol. The van der Waals surface area contributed by atoms with Gasteiger partial charge in [-0.15, -0.1) is 0 Å². The number of carbonyl (C=O) groups excluding carboxylic acids is 2. The molecule has 0 saturated carbocycles. The number of aromatic hydroxyl groups is 1. The molecule has 0 bridgehead atoms. The Labute approximate surface area is 152 Å². The Kier molecular flexibility index (Phi) is 4.52. The number of phenols is 1. The summed E-state index contributed by atoms with van der Waals surface area (Å²) in [7, 11) is 0. The summed E-state index contributed by atoms with van der Waals surface area (Å²) in [5.74, 6) is -2.76. The van der Waals surface area contributed by atoms with Crippen molar-refractivity contribution >= 4 is 17.3 Å². The molecule has 2 aliphatic rings. The highest BCUT2D eigenvalue weighted by atomic mass is 16.3. The van der Waals surface area contributed by atoms with Crippen molar-refractivity contribution in [3.8, 4) is 5.75 Å². The number of hydrogen-bond donors (Lipinski definition) is 4. The van der Waals surface area contributed by atoms with E-state index in [0.717, 1.165) is 0 Å². The number of phenolic OH excluding ortho intramolecular Hbond substituents is 1. The minimum absolute atomic E-state index is 0.0448. The van der Waals surface area contributed by atoms with Crippen LogP contribution in [0.3, 0.4) is 0 Å². The van der Waals surface area contributed by atoms with Crippen molar-refractivity contribution in [2.24, 2.45) is 11.8 Å². The van der Waals surface area contributed by atoms with Crippen molar-refractivity contribution in [3.63, 3.8) is 0 Å². The molecular formula is C20H24N2O4. The summed E-state index contributed by atoms with van der Waals surface area (Å²) in [6, 6.07) is 1.67. The van der Waals surface area contributed by atoms with Gasteiger partial charge in [0.15, 0.2) is 11.6 Å². The van der Waals surface area contributed by atoms with Crippen molar-refractivity contribution in [1.29, 1.82) is 0 Å². The van der Waals surface area contributed by atoms with Gasteiger partial charge in [0.25, 0.3) is 0 Å². The summed E-state index contributed by atoms with van der Waals surface area (Å²) >= 11 is 0. The summed E-state index contributed by atoms with van der Waals surface area (Å²) in [6.07, 6.45) is 1.70. The SMILES string of the molecule is CCNC1=CC(C)=C(O)C2C(=O)c3c(NCC)cc(C)c(O)c3C(=O)C12. The molecule has 0 heterocycles. The van der Waals surface area contributed by atoms with E-state index in [4.69, 9.17) is 0 Å². The zero-order valence-electron chi connectivity index (χ0n) is 15.4. The number of ketones is 2. The summed E-state index contributed by atoms with van der Waals surface area (Å²) in [4.78, 5) is 26.6. The van der Waals surface area contributed by atoms with Gasteiger partial charge in [-0.25, -0.2) is 0 Å². The number of aryl methyl sites for hydroxylation is 1. The van der Waals surface area contributed by atoms with Gasteiger partial charge in [-0.05, 0) is 51.0 Å². The highest BCUT2D eigenvalue weighted by molar-refractivity contribution is 6.22. The van der Waals surface area contributed by atoms with Crippen molar-refractivity contribution in [1.82, 2.24) is 5.32 Å². The van der Waals surface area contributed by atoms with Crippen LogP contribution in [0, 0.1) is 18.8 Å². The Bertz CT molecular complexity index is 867. The largest absolute Gasteiger partial charge is 0.511 e. The van der Waals surface area contributed by atoms with Crippen LogP contribution in [-0.2, 0) is 0 Å². The standard InChI is InChI=1S/C20H24N2O4/c1-5-21-11-7-9(3)17(23)15-13(11)19(25)16-14(20(15)26)12(22-6-2)8-10(4)18(16)24/h7-8,13,15,21-24H,5-6H2,1-4H3. The van der Waals surface area contributed by atoms with Crippen LogP contribution in [0.4, 0.5) is 5.69 Å². The van der Waals surface area contributed by atoms with Gasteiger partial charge in [0.2, 0.25) is 0 Å². The van der Waals surface area contributed by atoms with Gasteiger partial charge in [0.05, 0.1) is 23.0 Å². The molecular weight excluding hydrogens is 332 g/mol. The minimum Gasteiger partial charge on any atom is -0.511 e. The molecule has 0 aliphatic heterocycles. The average molecular weight is 356 g/mol. The van der Waals surface area contributed by atoms with E-state index < -0.39 is 11.8 Å². The molecule has 2 atom stereocenters. The molecule has 3 rings (SSSR count). The minimum atomic E-state index is -0.964. The number of Topliss-reactive ketones (excluding diaryl/α,β-unsaturated/α-hetero) is 2. The van der Waals surface area contributed by atoms with Crippen LogP contribution < -0.4 is 10.6 Å². The molecule has 26 heavy (non-hydrogen) atoms. The van der Waals surface area contributed by atoms with Crippen molar-refractivity contribution in [2.45, 2.75) is 27.7 Å². The number of aliphatic hydroxyl groups excluding tert-OH is 1. The fraction of sp³-hybridized carbons (Fsp3) is 0.400. The molecule has 138 valence electrons. The van der Waals surface area contributed by atoms with Gasteiger partial charge in [-0.1, -0.05) is 0 Å². The van der Waals surface area contributed by atoms with Gasteiger partial charge in [-0.2, -0.15) is 0 Å². The lowest BCUT2D eigenvalue weighted by Crippen LogP contribution is -2.44. The van der Waals surface area contributed by atoms with E-state index in [1.54, 1.807) is 26.0 Å². The Morgan fingerprint density at radius 3 is 2.19 bits per heavy atom. The number of fused-ring (bicyclic) bond motifs is 2. The smallest absolute Gasteiger partial charge is 0.177 e. The Morgan fingerprint density at radius 2 is 1.58 bits per heavy atom. The second kappa shape index (κ2) is 6.52. The first-order valence-corrected chi connectivity index (χ1v) is 8.87. The van der Waals surface area contributed by atoms with Crippen LogP contribution in [0.1, 0.15) is 47.1 Å². The number of aliphatic hydroxyl groups is 1. The first-order chi connectivity index (χ1) is 12.3. The molecule has 0 fully saturated rings. The third-order valence-corrected chi connectivity index (χ3v) is 5.04. The zero-order valence-corrected chi connectivity index (χ0v) is 15.4. The summed E-state index contributed by atoms with van der Waals surface area (Å²) in [6.45, 7) is 8.35. The van der Waals surface area contributed by atoms with Gasteiger partial charge < -0.3 is 20.8 Å². The topological polar surface area (TPSA) is 98.7 Å². The summed E-state index contributed by atoms with van der Waals surface area (Å²) < 4.78 is 0. The number of nitrogens with one attached hydrogen (secondary N) is 2. The third-order valence-electron chi connectivity index (χ3n) is 5.04. The zero-order chi connectivity index (χ0) is 19.2. The number of anilines is 1. The van der Waals surface area contributed by atoms with E-state index in [9.17, 15) is 19.8 Å². The second-order valence-electron chi connectivity index (χ2n) is 6.75. The van der Waals surface area contributed by atoms with Crippen LogP contribution in [0.25, 0.3) is 0 Å². The van der Waals surface area contributed by atoms with E-state index in [0.29, 0.717) is 35.6 Å². The van der Waals surface area contributed by atoms with E-state index in [2.05, 4.69) is 10.6 Å². The molecule has 0 spiro atoms. The number of allylic oxidation sites excluding steroid dienone is 4. The summed E-state index contributed by atoms with van der Waals surface area (Å²) in [5, 5.41) is 27.3. The van der Waals surface area contributed by atoms with E-state index in [1.807, 2.05) is 13.8 Å². The van der Waals surface area contributed by atoms with Gasteiger partial charge in [-0.3, -0.25) is 9.59 Å². The average Bonchev–Trinajstić information content (AvgIpc) is 2.59. The molecule has 1 aromatic carbocycles. The lowest BCUT2D eigenvalue weighted by atomic mass is 9.68. The van der Waals surface area contributed by atoms with Crippen LogP contribution in [0.15, 0.2) is 29.2 Å². The second-order valence-corrected chi connectivity index (χ2v) is 6.75. The Hall–Kier alpha value is -2.76. The maximum Gasteiger partial charge on any atom is 0.177 e. The van der Waals surface area contributed by atoms with Crippen molar-refractivity contribution in [2.75, 3.05) is 18.4 Å². The van der Waals surface area contributed by atoms with Gasteiger partial charge >= 0.3 is 0 Å². The molecule has 6 heteroatoms. The molecule has 2 unspecified atom stereocenters. The molecule has 0 amide bonds. The van der Waals surface area contributed by atoms with Crippen molar-refractivity contribution < 1.29 is 19.8 Å². The van der Waals surface area contributed by atoms with Crippen molar-refractivity contribution in [3.05, 3.63) is 45.9 Å². The monoisotopic (exact) mass is 356 g/mol. The van der Waals surface area contributed by atoms with Gasteiger partial charge in [0.1, 0.15) is 11.5 Å². The number of hydrogen-bond acceptors (Lipinski definition) is 6. The maximum absolute atomic E-state index is 13.3. The fourth-order valence-corrected chi connectivity index (χ4v) is 3.86. The highest BCUT2D eigenvalue weighted by Crippen LogP contribution is 2.46. The van der Waals surface area contributed by atoms with Crippen LogP contribution in [0.2, 0.25) is 0 Å². The van der Waals surface area contributed by atoms with E-state index in [1.165, 1.54) is 0 Å². The third kappa shape index (κ3) is 2.48. The molecule has 4 N–H and O–H groups in total. The Morgan fingerprint density at radius 1 is 0.962 bits per heavy atom. The number of rotatable bonds is 4. The highest BCUT2D eigenvalue weighted by Gasteiger charge is 2.49. The maximum atomic E-state index is 13.3. The van der Waals surface area contributed by atoms with Crippen LogP contribution in [0.5, 0.6) is 5.75 Å². The molecule has 0 saturated heterocycles. The quantitative estimate of drug-likeness (QED) is 0.619. The number of carbonyl (C=O) groups is 2. The Balaban J connectivity index is 2.29. The molecule has 6 nitrogen and oxygen atoms in total. The lowest BCUT2D eigenvalue weighted by molar-refractivity contribution is 0.0739. The van der Waals surface area contributed by atoms with Crippen LogP contribution in [-0.4, -0.2) is 34.9 Å². The normalized spacial score (nSPS) is 21.9. The van der Waals surface area contributed by atoms with Crippen LogP contribution >= 0.6 is 0 Å². The molecule has 0 radical (unpaired) electrons. The fourth-order valence-electron chi connectivity index (χ4n) is 3.86. The van der Waals surface area contributed by atoms with E-state index >= 15 is 0 Å². The lowest BCUT2D eigenvalue weighted by Gasteiger charge is -2.36. The molecule has 0 aromatic heterocycles. The van der Waals surface area contributed by atoms with Gasteiger partial charge in [0, 0.05) is 24.5 Å². The number of benzene rings is 1. The summed E-state index contributed by atoms with van der Waals surface area (Å²) in [5.41, 5.74) is 2.41. The first kappa shape index (κ1) is 18.0. The van der Waals surface area contributed by atoms with E-state index in [-0.39, 0.29) is 34.2 Å². The molecule has 1 aromatic rings. The molecule has 2 aliphatic carbocycles. The predicted octanol–water partition coefficient (Wildman–Crippen LogP) is 3.08.